The lowest BCUT2D eigenvalue weighted by molar-refractivity contribution is 0.112. The standard InChI is InChI=1S/C10H6Br2OS/c11-3-6-1-10-8(2-9(6)12)7(4-13)5-14-10/h1-2,4-5H,3H2. The molecule has 0 atom stereocenters. The Kier molecular flexibility index (Phi) is 3.04. The van der Waals surface area contributed by atoms with Crippen LogP contribution < -0.4 is 0 Å². The van der Waals surface area contributed by atoms with Crippen molar-refractivity contribution in [2.45, 2.75) is 5.33 Å². The fourth-order valence-corrected chi connectivity index (χ4v) is 3.58. The molecule has 72 valence electrons. The number of carbonyl (C=O) groups is 1. The van der Waals surface area contributed by atoms with Crippen LogP contribution >= 0.6 is 43.2 Å². The zero-order valence-electron chi connectivity index (χ0n) is 7.09. The zero-order valence-corrected chi connectivity index (χ0v) is 11.1. The Bertz CT molecular complexity index is 490. The third-order valence-corrected chi connectivity index (χ3v) is 4.35. The van der Waals surface area contributed by atoms with Gasteiger partial charge in [0.1, 0.15) is 0 Å². The Balaban J connectivity index is 2.75. The summed E-state index contributed by atoms with van der Waals surface area (Å²) in [6.07, 6.45) is 0.902. The number of fused-ring (bicyclic) bond motifs is 1. The molecule has 1 nitrogen and oxygen atoms in total. The molecule has 1 aromatic carbocycles. The van der Waals surface area contributed by atoms with E-state index in [1.807, 2.05) is 11.4 Å². The summed E-state index contributed by atoms with van der Waals surface area (Å²) < 4.78 is 2.20. The molecule has 0 aliphatic rings. The van der Waals surface area contributed by atoms with Gasteiger partial charge in [-0.1, -0.05) is 31.9 Å². The van der Waals surface area contributed by atoms with E-state index in [0.29, 0.717) is 0 Å². The summed E-state index contributed by atoms with van der Waals surface area (Å²) in [5, 5.41) is 3.74. The lowest BCUT2D eigenvalue weighted by Gasteiger charge is -2.00. The molecule has 0 unspecified atom stereocenters. The first kappa shape index (κ1) is 10.3. The first-order valence-electron chi connectivity index (χ1n) is 3.97. The van der Waals surface area contributed by atoms with Crippen LogP contribution in [0, 0.1) is 0 Å². The number of rotatable bonds is 2. The molecule has 0 aliphatic heterocycles. The average molecular weight is 334 g/mol. The van der Waals surface area contributed by atoms with Gasteiger partial charge in [-0.3, -0.25) is 4.79 Å². The third-order valence-electron chi connectivity index (χ3n) is 2.04. The van der Waals surface area contributed by atoms with Crippen LogP contribution in [0.1, 0.15) is 15.9 Å². The molecule has 1 heterocycles. The second-order valence-electron chi connectivity index (χ2n) is 2.88. The minimum Gasteiger partial charge on any atom is -0.298 e. The van der Waals surface area contributed by atoms with E-state index in [2.05, 4.69) is 37.9 Å². The van der Waals surface area contributed by atoms with Crippen LogP contribution in [-0.4, -0.2) is 6.29 Å². The van der Waals surface area contributed by atoms with E-state index < -0.39 is 0 Å². The van der Waals surface area contributed by atoms with Gasteiger partial charge in [-0.15, -0.1) is 11.3 Å². The van der Waals surface area contributed by atoms with Gasteiger partial charge in [0.15, 0.2) is 6.29 Å². The van der Waals surface area contributed by atoms with Crippen molar-refractivity contribution in [3.63, 3.8) is 0 Å². The van der Waals surface area contributed by atoms with Crippen molar-refractivity contribution in [3.8, 4) is 0 Å². The number of hydrogen-bond acceptors (Lipinski definition) is 2. The summed E-state index contributed by atoms with van der Waals surface area (Å²) in [4.78, 5) is 10.7. The number of halogens is 2. The van der Waals surface area contributed by atoms with Crippen LogP contribution in [0.25, 0.3) is 10.1 Å². The average Bonchev–Trinajstić information content (AvgIpc) is 2.58. The fraction of sp³-hybridized carbons (Fsp3) is 0.100. The van der Waals surface area contributed by atoms with Crippen LogP contribution in [0.2, 0.25) is 0 Å². The summed E-state index contributed by atoms with van der Waals surface area (Å²) >= 11 is 8.51. The number of aldehydes is 1. The summed E-state index contributed by atoms with van der Waals surface area (Å²) in [5.41, 5.74) is 1.98. The van der Waals surface area contributed by atoms with Crippen molar-refractivity contribution >= 4 is 59.6 Å². The quantitative estimate of drug-likeness (QED) is 0.589. The Hall–Kier alpha value is -0.190. The number of hydrogen-bond donors (Lipinski definition) is 0. The molecule has 0 saturated heterocycles. The Morgan fingerprint density at radius 1 is 1.43 bits per heavy atom. The van der Waals surface area contributed by atoms with Gasteiger partial charge in [0.25, 0.3) is 0 Å². The molecule has 14 heavy (non-hydrogen) atoms. The van der Waals surface area contributed by atoms with E-state index in [0.717, 1.165) is 31.7 Å². The number of benzene rings is 1. The topological polar surface area (TPSA) is 17.1 Å². The van der Waals surface area contributed by atoms with E-state index in [1.54, 1.807) is 11.3 Å². The molecule has 2 aromatic rings. The highest BCUT2D eigenvalue weighted by molar-refractivity contribution is 9.10. The molecule has 0 bridgehead atoms. The lowest BCUT2D eigenvalue weighted by Crippen LogP contribution is -1.81. The van der Waals surface area contributed by atoms with Gasteiger partial charge in [0, 0.05) is 30.8 Å². The SMILES string of the molecule is O=Cc1csc2cc(CBr)c(Br)cc12. The second-order valence-corrected chi connectivity index (χ2v) is 5.21. The minimum atomic E-state index is 0.770. The van der Waals surface area contributed by atoms with Crippen LogP contribution in [0.4, 0.5) is 0 Å². The van der Waals surface area contributed by atoms with Crippen LogP contribution in [-0.2, 0) is 5.33 Å². The van der Waals surface area contributed by atoms with Crippen molar-refractivity contribution < 1.29 is 4.79 Å². The normalized spacial score (nSPS) is 10.7. The predicted octanol–water partition coefficient (Wildman–Crippen LogP) is 4.37. The fourth-order valence-electron chi connectivity index (χ4n) is 1.30. The van der Waals surface area contributed by atoms with Crippen molar-refractivity contribution in [2.75, 3.05) is 0 Å². The Labute approximate surface area is 102 Å². The molecular formula is C10H6Br2OS. The molecular weight excluding hydrogens is 328 g/mol. The molecule has 0 radical (unpaired) electrons. The predicted molar refractivity (Wildman–Crippen MR) is 67.5 cm³/mol. The van der Waals surface area contributed by atoms with Gasteiger partial charge in [-0.05, 0) is 17.7 Å². The molecule has 4 heteroatoms. The van der Waals surface area contributed by atoms with E-state index in [-0.39, 0.29) is 0 Å². The number of alkyl halides is 1. The van der Waals surface area contributed by atoms with Gasteiger partial charge < -0.3 is 0 Å². The van der Waals surface area contributed by atoms with E-state index in [9.17, 15) is 4.79 Å². The summed E-state index contributed by atoms with van der Waals surface area (Å²) in [5.74, 6) is 0. The van der Waals surface area contributed by atoms with Gasteiger partial charge in [0.05, 0.1) is 0 Å². The monoisotopic (exact) mass is 332 g/mol. The van der Waals surface area contributed by atoms with E-state index >= 15 is 0 Å². The molecule has 0 amide bonds. The molecule has 2 rings (SSSR count). The summed E-state index contributed by atoms with van der Waals surface area (Å²) in [6, 6.07) is 4.11. The molecule has 0 aliphatic carbocycles. The first-order valence-corrected chi connectivity index (χ1v) is 6.76. The van der Waals surface area contributed by atoms with E-state index in [1.165, 1.54) is 5.56 Å². The van der Waals surface area contributed by atoms with Gasteiger partial charge in [-0.25, -0.2) is 0 Å². The van der Waals surface area contributed by atoms with Gasteiger partial charge in [0.2, 0.25) is 0 Å². The van der Waals surface area contributed by atoms with Gasteiger partial charge in [-0.2, -0.15) is 0 Å². The van der Waals surface area contributed by atoms with Crippen LogP contribution in [0.3, 0.4) is 0 Å². The Morgan fingerprint density at radius 2 is 2.21 bits per heavy atom. The smallest absolute Gasteiger partial charge is 0.151 e. The maximum absolute atomic E-state index is 10.7. The molecule has 0 spiro atoms. The van der Waals surface area contributed by atoms with Crippen LogP contribution in [0.15, 0.2) is 22.0 Å². The third kappa shape index (κ3) is 1.66. The van der Waals surface area contributed by atoms with Crippen molar-refractivity contribution in [2.24, 2.45) is 0 Å². The lowest BCUT2D eigenvalue weighted by atomic mass is 10.1. The maximum atomic E-state index is 10.7. The van der Waals surface area contributed by atoms with E-state index in [4.69, 9.17) is 0 Å². The minimum absolute atomic E-state index is 0.770. The van der Waals surface area contributed by atoms with Crippen molar-refractivity contribution in [1.29, 1.82) is 0 Å². The zero-order chi connectivity index (χ0) is 10.1. The highest BCUT2D eigenvalue weighted by Crippen LogP contribution is 2.31. The summed E-state index contributed by atoms with van der Waals surface area (Å²) in [7, 11) is 0. The highest BCUT2D eigenvalue weighted by Gasteiger charge is 2.06. The van der Waals surface area contributed by atoms with Gasteiger partial charge >= 0.3 is 0 Å². The Morgan fingerprint density at radius 3 is 2.86 bits per heavy atom. The van der Waals surface area contributed by atoms with Crippen molar-refractivity contribution in [1.82, 2.24) is 0 Å². The van der Waals surface area contributed by atoms with Crippen molar-refractivity contribution in [3.05, 3.63) is 33.1 Å². The number of thiophene rings is 1. The largest absolute Gasteiger partial charge is 0.298 e. The first-order chi connectivity index (χ1) is 6.76. The molecule has 1 aromatic heterocycles. The maximum Gasteiger partial charge on any atom is 0.151 e. The van der Waals surface area contributed by atoms with Crippen LogP contribution in [0.5, 0.6) is 0 Å². The summed E-state index contributed by atoms with van der Waals surface area (Å²) in [6.45, 7) is 0. The number of carbonyl (C=O) groups excluding carboxylic acids is 1. The second kappa shape index (κ2) is 4.13. The molecule has 0 fully saturated rings. The molecule has 0 N–H and O–H groups in total. The molecule has 0 saturated carbocycles. The highest BCUT2D eigenvalue weighted by atomic mass is 79.9.